The van der Waals surface area contributed by atoms with Crippen LogP contribution in [0.15, 0.2) is 24.3 Å². The first kappa shape index (κ1) is 18.1. The first-order valence-electron chi connectivity index (χ1n) is 7.74. The second-order valence-corrected chi connectivity index (χ2v) is 5.17. The summed E-state index contributed by atoms with van der Waals surface area (Å²) in [6, 6.07) is 6.23. The Morgan fingerprint density at radius 1 is 1.18 bits per heavy atom. The van der Waals surface area contributed by atoms with Gasteiger partial charge in [0.15, 0.2) is 5.67 Å². The van der Waals surface area contributed by atoms with Crippen LogP contribution >= 0.6 is 0 Å². The number of ether oxygens (including phenoxy) is 1. The monoisotopic (exact) mass is 309 g/mol. The number of rotatable bonds is 8. The van der Waals surface area contributed by atoms with Gasteiger partial charge < -0.3 is 10.1 Å². The molecule has 5 heteroatoms. The lowest BCUT2D eigenvalue weighted by molar-refractivity contribution is -0.128. The van der Waals surface area contributed by atoms with E-state index in [9.17, 15) is 14.0 Å². The molecule has 1 amide bonds. The van der Waals surface area contributed by atoms with E-state index in [1.807, 2.05) is 6.92 Å². The summed E-state index contributed by atoms with van der Waals surface area (Å²) in [4.78, 5) is 23.6. The van der Waals surface area contributed by atoms with Gasteiger partial charge in [0.25, 0.3) is 5.91 Å². The fourth-order valence-electron chi connectivity index (χ4n) is 2.06. The normalized spacial score (nSPS) is 13.3. The molecule has 1 aromatic rings. The average molecular weight is 309 g/mol. The molecule has 1 unspecified atom stereocenters. The Kier molecular flexibility index (Phi) is 7.02. The second kappa shape index (κ2) is 8.51. The fraction of sp³-hybridized carbons (Fsp3) is 0.529. The molecule has 0 saturated heterocycles. The van der Waals surface area contributed by atoms with Gasteiger partial charge in [0.1, 0.15) is 0 Å². The van der Waals surface area contributed by atoms with Crippen LogP contribution in [0.5, 0.6) is 0 Å². The highest BCUT2D eigenvalue weighted by Crippen LogP contribution is 2.25. The summed E-state index contributed by atoms with van der Waals surface area (Å²) in [5.74, 6) is -1.05. The number of hydrogen-bond acceptors (Lipinski definition) is 3. The molecular weight excluding hydrogens is 285 g/mol. The number of esters is 1. The second-order valence-electron chi connectivity index (χ2n) is 5.17. The van der Waals surface area contributed by atoms with Crippen LogP contribution in [0.25, 0.3) is 0 Å². The van der Waals surface area contributed by atoms with E-state index < -0.39 is 17.5 Å². The quantitative estimate of drug-likeness (QED) is 0.735. The third-order valence-electron chi connectivity index (χ3n) is 3.55. The van der Waals surface area contributed by atoms with Crippen molar-refractivity contribution in [2.75, 3.05) is 11.9 Å². The van der Waals surface area contributed by atoms with Crippen molar-refractivity contribution < 1.29 is 18.7 Å². The zero-order valence-electron chi connectivity index (χ0n) is 13.4. The van der Waals surface area contributed by atoms with Crippen molar-refractivity contribution in [2.24, 2.45) is 0 Å². The number of nitrogens with one attached hydrogen (secondary N) is 1. The third-order valence-corrected chi connectivity index (χ3v) is 3.55. The minimum Gasteiger partial charge on any atom is -0.462 e. The van der Waals surface area contributed by atoms with Gasteiger partial charge in [-0.25, -0.2) is 9.18 Å². The van der Waals surface area contributed by atoms with Crippen LogP contribution in [-0.4, -0.2) is 24.2 Å². The van der Waals surface area contributed by atoms with Crippen LogP contribution in [0.1, 0.15) is 56.8 Å². The van der Waals surface area contributed by atoms with Crippen LogP contribution in [-0.2, 0) is 9.53 Å². The van der Waals surface area contributed by atoms with Gasteiger partial charge in [0.05, 0.1) is 12.2 Å². The van der Waals surface area contributed by atoms with E-state index in [4.69, 9.17) is 4.74 Å². The number of carbonyl (C=O) groups excluding carboxylic acids is 2. The molecule has 1 atom stereocenters. The fourth-order valence-corrected chi connectivity index (χ4v) is 2.06. The molecule has 0 aliphatic heterocycles. The van der Waals surface area contributed by atoms with E-state index in [2.05, 4.69) is 5.32 Å². The van der Waals surface area contributed by atoms with E-state index >= 15 is 0 Å². The minimum atomic E-state index is -1.85. The van der Waals surface area contributed by atoms with Crippen molar-refractivity contribution in [1.82, 2.24) is 0 Å². The Labute approximate surface area is 131 Å². The molecule has 0 saturated carbocycles. The maximum Gasteiger partial charge on any atom is 0.338 e. The molecule has 122 valence electrons. The molecule has 0 heterocycles. The highest BCUT2D eigenvalue weighted by molar-refractivity contribution is 5.97. The summed E-state index contributed by atoms with van der Waals surface area (Å²) in [5, 5.41) is 2.57. The number of anilines is 1. The standard InChI is InChI=1S/C17H24FNO3/c1-4-7-12-17(18,5-2)16(21)19-14-10-8-13(9-11-14)15(20)22-6-3/h8-11H,4-7,12H2,1-3H3,(H,19,21). The first-order chi connectivity index (χ1) is 10.5. The summed E-state index contributed by atoms with van der Waals surface area (Å²) in [7, 11) is 0. The van der Waals surface area contributed by atoms with Crippen LogP contribution < -0.4 is 5.32 Å². The molecule has 0 aliphatic rings. The van der Waals surface area contributed by atoms with Crippen LogP contribution in [0.2, 0.25) is 0 Å². The topological polar surface area (TPSA) is 55.4 Å². The average Bonchev–Trinajstić information content (AvgIpc) is 2.53. The highest BCUT2D eigenvalue weighted by Gasteiger charge is 2.35. The van der Waals surface area contributed by atoms with Gasteiger partial charge in [-0.05, 0) is 50.5 Å². The summed E-state index contributed by atoms with van der Waals surface area (Å²) < 4.78 is 19.5. The molecule has 0 bridgehead atoms. The summed E-state index contributed by atoms with van der Waals surface area (Å²) >= 11 is 0. The van der Waals surface area contributed by atoms with Gasteiger partial charge in [-0.15, -0.1) is 0 Å². The van der Waals surface area contributed by atoms with Gasteiger partial charge in [0, 0.05) is 5.69 Å². The number of alkyl halides is 1. The van der Waals surface area contributed by atoms with Gasteiger partial charge in [0.2, 0.25) is 0 Å². The predicted molar refractivity (Wildman–Crippen MR) is 84.7 cm³/mol. The van der Waals surface area contributed by atoms with E-state index in [0.29, 0.717) is 24.3 Å². The number of amides is 1. The Morgan fingerprint density at radius 3 is 2.32 bits per heavy atom. The molecule has 22 heavy (non-hydrogen) atoms. The van der Waals surface area contributed by atoms with Gasteiger partial charge >= 0.3 is 5.97 Å². The number of benzene rings is 1. The number of unbranched alkanes of at least 4 members (excludes halogenated alkanes) is 1. The zero-order valence-corrected chi connectivity index (χ0v) is 13.4. The Morgan fingerprint density at radius 2 is 1.82 bits per heavy atom. The SMILES string of the molecule is CCCCC(F)(CC)C(=O)Nc1ccc(C(=O)OCC)cc1. The van der Waals surface area contributed by atoms with Crippen LogP contribution in [0, 0.1) is 0 Å². The predicted octanol–water partition coefficient (Wildman–Crippen LogP) is 4.11. The highest BCUT2D eigenvalue weighted by atomic mass is 19.1. The van der Waals surface area contributed by atoms with E-state index in [0.717, 1.165) is 6.42 Å². The molecule has 0 aromatic heterocycles. The van der Waals surface area contributed by atoms with Crippen molar-refractivity contribution >= 4 is 17.6 Å². The largest absolute Gasteiger partial charge is 0.462 e. The van der Waals surface area contributed by atoms with E-state index in [1.54, 1.807) is 38.1 Å². The lowest BCUT2D eigenvalue weighted by atomic mass is 9.94. The van der Waals surface area contributed by atoms with Crippen LogP contribution in [0.3, 0.4) is 0 Å². The smallest absolute Gasteiger partial charge is 0.338 e. The molecule has 1 aromatic carbocycles. The molecular formula is C17H24FNO3. The third kappa shape index (κ3) is 4.83. The summed E-state index contributed by atoms with van der Waals surface area (Å²) in [5.41, 5.74) is -0.992. The molecule has 0 fully saturated rings. The van der Waals surface area contributed by atoms with Crippen molar-refractivity contribution in [1.29, 1.82) is 0 Å². The molecule has 0 aliphatic carbocycles. The Hall–Kier alpha value is -1.91. The van der Waals surface area contributed by atoms with Gasteiger partial charge in [-0.1, -0.05) is 20.3 Å². The first-order valence-corrected chi connectivity index (χ1v) is 7.74. The van der Waals surface area contributed by atoms with Gasteiger partial charge in [-0.2, -0.15) is 0 Å². The van der Waals surface area contributed by atoms with Crippen LogP contribution in [0.4, 0.5) is 10.1 Å². The summed E-state index contributed by atoms with van der Waals surface area (Å²) in [6.45, 7) is 5.66. The Bertz CT molecular complexity index is 501. The Balaban J connectivity index is 2.73. The molecule has 4 nitrogen and oxygen atoms in total. The minimum absolute atomic E-state index is 0.139. The molecule has 0 spiro atoms. The molecule has 1 rings (SSSR count). The lowest BCUT2D eigenvalue weighted by Gasteiger charge is -2.22. The van der Waals surface area contributed by atoms with Gasteiger partial charge in [-0.3, -0.25) is 4.79 Å². The maximum atomic E-state index is 14.6. The summed E-state index contributed by atoms with van der Waals surface area (Å²) in [6.07, 6.45) is 1.86. The number of hydrogen-bond donors (Lipinski definition) is 1. The van der Waals surface area contributed by atoms with Crippen molar-refractivity contribution in [2.45, 2.75) is 52.1 Å². The number of halogens is 1. The van der Waals surface area contributed by atoms with E-state index in [-0.39, 0.29) is 12.8 Å². The van der Waals surface area contributed by atoms with Crippen molar-refractivity contribution in [3.8, 4) is 0 Å². The number of carbonyl (C=O) groups is 2. The zero-order chi connectivity index (χ0) is 16.6. The van der Waals surface area contributed by atoms with Crippen molar-refractivity contribution in [3.05, 3.63) is 29.8 Å². The van der Waals surface area contributed by atoms with E-state index in [1.165, 1.54) is 0 Å². The maximum absolute atomic E-state index is 14.6. The lowest BCUT2D eigenvalue weighted by Crippen LogP contribution is -2.38. The molecule has 1 N–H and O–H groups in total. The van der Waals surface area contributed by atoms with Crippen molar-refractivity contribution in [3.63, 3.8) is 0 Å². The molecule has 0 radical (unpaired) electrons.